The molecule has 9 nitrogen and oxygen atoms in total. The van der Waals surface area contributed by atoms with Crippen molar-refractivity contribution in [2.24, 2.45) is 0 Å². The molecule has 0 radical (unpaired) electrons. The molecule has 1 fully saturated rings. The minimum Gasteiger partial charge on any atom is -0.476 e. The van der Waals surface area contributed by atoms with Crippen LogP contribution in [0.1, 0.15) is 27.0 Å². The smallest absolute Gasteiger partial charge is 0.264 e. The number of hydrogen-bond donors (Lipinski definition) is 1. The maximum Gasteiger partial charge on any atom is 0.264 e. The SMILES string of the molecule is Cc1cccc(C)c1-c1cc2nc(n1)NS(=O)(=O)c1cccc(c1)C(=O)N1CCN(Cc3ccccc3)C(CO2)C1.Cl. The molecule has 11 heteroatoms. The predicted octanol–water partition coefficient (Wildman–Crippen LogP) is 4.70. The van der Waals surface area contributed by atoms with Crippen LogP contribution in [-0.2, 0) is 16.6 Å². The highest BCUT2D eigenvalue weighted by Gasteiger charge is 2.32. The fourth-order valence-corrected chi connectivity index (χ4v) is 6.48. The number of ether oxygens (including phenoxy) is 1. The van der Waals surface area contributed by atoms with Crippen molar-refractivity contribution >= 4 is 34.3 Å². The summed E-state index contributed by atoms with van der Waals surface area (Å²) in [6.07, 6.45) is 0. The van der Waals surface area contributed by atoms with E-state index in [1.165, 1.54) is 17.7 Å². The van der Waals surface area contributed by atoms with Gasteiger partial charge in [-0.1, -0.05) is 54.6 Å². The Morgan fingerprint density at radius 3 is 2.43 bits per heavy atom. The summed E-state index contributed by atoms with van der Waals surface area (Å²) in [6.45, 7) is 6.55. The van der Waals surface area contributed by atoms with Gasteiger partial charge in [-0.3, -0.25) is 9.69 Å². The molecule has 2 aliphatic rings. The second-order valence-corrected chi connectivity index (χ2v) is 12.2. The van der Waals surface area contributed by atoms with Gasteiger partial charge in [0.05, 0.1) is 16.6 Å². The van der Waals surface area contributed by atoms with Gasteiger partial charge >= 0.3 is 0 Å². The van der Waals surface area contributed by atoms with Crippen LogP contribution in [-0.4, -0.2) is 66.4 Å². The highest BCUT2D eigenvalue weighted by atomic mass is 35.5. The lowest BCUT2D eigenvalue weighted by molar-refractivity contribution is 0.0323. The second kappa shape index (κ2) is 12.1. The average Bonchev–Trinajstić information content (AvgIpc) is 2.96. The third kappa shape index (κ3) is 6.11. The van der Waals surface area contributed by atoms with Gasteiger partial charge in [0, 0.05) is 43.4 Å². The maximum absolute atomic E-state index is 13.5. The number of aromatic nitrogens is 2. The molecule has 6 bridgehead atoms. The molecule has 0 aliphatic carbocycles. The molecule has 2 aliphatic heterocycles. The number of nitrogens with zero attached hydrogens (tertiary/aromatic N) is 4. The molecular weight excluding hydrogens is 574 g/mol. The summed E-state index contributed by atoms with van der Waals surface area (Å²) < 4.78 is 35.6. The zero-order chi connectivity index (χ0) is 28.6. The normalized spacial score (nSPS) is 18.2. The van der Waals surface area contributed by atoms with Gasteiger partial charge in [0.15, 0.2) is 0 Å². The first-order valence-corrected chi connectivity index (χ1v) is 15.0. The number of piperazine rings is 1. The largest absolute Gasteiger partial charge is 0.476 e. The number of benzene rings is 3. The Morgan fingerprint density at radius 1 is 0.929 bits per heavy atom. The molecule has 0 saturated carbocycles. The van der Waals surface area contributed by atoms with Gasteiger partial charge in [-0.05, 0) is 48.7 Å². The molecule has 1 saturated heterocycles. The van der Waals surface area contributed by atoms with Gasteiger partial charge in [-0.25, -0.2) is 18.1 Å². The zero-order valence-corrected chi connectivity index (χ0v) is 25.0. The van der Waals surface area contributed by atoms with E-state index in [2.05, 4.69) is 31.7 Å². The lowest BCUT2D eigenvalue weighted by Gasteiger charge is -2.41. The summed E-state index contributed by atoms with van der Waals surface area (Å²) in [5.41, 5.74) is 4.94. The number of hydrogen-bond acceptors (Lipinski definition) is 7. The van der Waals surface area contributed by atoms with E-state index in [0.717, 1.165) is 23.2 Å². The van der Waals surface area contributed by atoms with Gasteiger partial charge in [0.2, 0.25) is 11.8 Å². The number of nitrogens with one attached hydrogen (secondary N) is 1. The lowest BCUT2D eigenvalue weighted by atomic mass is 10.00. The molecule has 42 heavy (non-hydrogen) atoms. The number of sulfonamides is 1. The number of carbonyl (C=O) groups excluding carboxylic acids is 1. The number of halogens is 1. The molecule has 1 atom stereocenters. The summed E-state index contributed by atoms with van der Waals surface area (Å²) in [5, 5.41) is 0. The first-order chi connectivity index (χ1) is 19.8. The monoisotopic (exact) mass is 605 g/mol. The zero-order valence-electron chi connectivity index (χ0n) is 23.4. The van der Waals surface area contributed by atoms with Crippen molar-refractivity contribution in [3.05, 3.63) is 101 Å². The number of aryl methyl sites for hydroxylation is 2. The van der Waals surface area contributed by atoms with E-state index in [1.54, 1.807) is 23.1 Å². The van der Waals surface area contributed by atoms with Crippen molar-refractivity contribution in [1.29, 1.82) is 0 Å². The summed E-state index contributed by atoms with van der Waals surface area (Å²) in [4.78, 5) is 26.6. The Bertz CT molecular complexity index is 1700. The predicted molar refractivity (Wildman–Crippen MR) is 163 cm³/mol. The minimum atomic E-state index is -4.08. The van der Waals surface area contributed by atoms with Gasteiger partial charge in [0.1, 0.15) is 6.61 Å². The maximum atomic E-state index is 13.5. The Kier molecular flexibility index (Phi) is 8.49. The van der Waals surface area contributed by atoms with Crippen LogP contribution in [0.4, 0.5) is 5.95 Å². The fourth-order valence-electron chi connectivity index (χ4n) is 5.49. The first-order valence-electron chi connectivity index (χ1n) is 13.6. The number of carbonyl (C=O) groups is 1. The first kappa shape index (κ1) is 29.5. The molecule has 3 aromatic carbocycles. The van der Waals surface area contributed by atoms with Crippen molar-refractivity contribution < 1.29 is 17.9 Å². The van der Waals surface area contributed by atoms with Crippen molar-refractivity contribution in [3.63, 3.8) is 0 Å². The average molecular weight is 606 g/mol. The molecule has 0 spiro atoms. The van der Waals surface area contributed by atoms with Crippen LogP contribution in [0, 0.1) is 13.8 Å². The summed E-state index contributed by atoms with van der Waals surface area (Å²) in [6, 6.07) is 23.9. The molecule has 6 rings (SSSR count). The topological polar surface area (TPSA) is 105 Å². The van der Waals surface area contributed by atoms with E-state index < -0.39 is 10.0 Å². The van der Waals surface area contributed by atoms with Gasteiger partial charge in [0.25, 0.3) is 15.9 Å². The Balaban J connectivity index is 0.00000353. The molecular formula is C31H32ClN5O4S. The second-order valence-electron chi connectivity index (χ2n) is 10.5. The number of fused-ring (bicyclic) bond motifs is 6. The van der Waals surface area contributed by atoms with Crippen LogP contribution in [0.25, 0.3) is 11.3 Å². The molecule has 3 heterocycles. The molecule has 4 aromatic rings. The molecule has 1 amide bonds. The fraction of sp³-hybridized carbons (Fsp3) is 0.258. The molecule has 1 unspecified atom stereocenters. The highest BCUT2D eigenvalue weighted by Crippen LogP contribution is 2.30. The number of rotatable bonds is 3. The van der Waals surface area contributed by atoms with Crippen LogP contribution in [0.15, 0.2) is 83.8 Å². The van der Waals surface area contributed by atoms with Gasteiger partial charge in [-0.2, -0.15) is 4.98 Å². The van der Waals surface area contributed by atoms with Gasteiger partial charge in [-0.15, -0.1) is 12.4 Å². The van der Waals surface area contributed by atoms with Crippen LogP contribution in [0.2, 0.25) is 0 Å². The molecule has 218 valence electrons. The van der Waals surface area contributed by atoms with Crippen LogP contribution in [0.3, 0.4) is 0 Å². The van der Waals surface area contributed by atoms with E-state index >= 15 is 0 Å². The van der Waals surface area contributed by atoms with Crippen LogP contribution >= 0.6 is 12.4 Å². The highest BCUT2D eigenvalue weighted by molar-refractivity contribution is 7.92. The lowest BCUT2D eigenvalue weighted by Crippen LogP contribution is -2.56. The molecule has 1 aromatic heterocycles. The van der Waals surface area contributed by atoms with Crippen LogP contribution < -0.4 is 9.46 Å². The van der Waals surface area contributed by atoms with E-state index in [0.29, 0.717) is 30.9 Å². The standard InChI is InChI=1S/C31H31N5O4S.ClH/c1-21-8-6-9-22(2)29(21)27-17-28-33-31(32-27)34-41(38,39)26-13-7-12-24(16-26)30(37)36-15-14-35(25(19-36)20-40-28)18-23-10-4-3-5-11-23;/h3-13,16-17,25H,14-15,18-20H2,1-2H3,(H,32,33,34);1H. The Labute approximate surface area is 252 Å². The van der Waals surface area contributed by atoms with E-state index in [9.17, 15) is 13.2 Å². The number of amides is 1. The number of anilines is 1. The van der Waals surface area contributed by atoms with Crippen molar-refractivity contribution in [1.82, 2.24) is 19.8 Å². The van der Waals surface area contributed by atoms with Crippen molar-refractivity contribution in [3.8, 4) is 17.1 Å². The van der Waals surface area contributed by atoms with E-state index in [1.807, 2.05) is 50.2 Å². The minimum absolute atomic E-state index is 0. The summed E-state index contributed by atoms with van der Waals surface area (Å²) in [7, 11) is -4.08. The van der Waals surface area contributed by atoms with Gasteiger partial charge < -0.3 is 9.64 Å². The summed E-state index contributed by atoms with van der Waals surface area (Å²) in [5.74, 6) is -0.0554. The third-order valence-corrected chi connectivity index (χ3v) is 8.93. The summed E-state index contributed by atoms with van der Waals surface area (Å²) >= 11 is 0. The van der Waals surface area contributed by atoms with E-state index in [4.69, 9.17) is 4.74 Å². The van der Waals surface area contributed by atoms with E-state index in [-0.39, 0.29) is 47.7 Å². The molecule has 1 N–H and O–H groups in total. The third-order valence-electron chi connectivity index (χ3n) is 7.60. The Hall–Kier alpha value is -3.99. The van der Waals surface area contributed by atoms with Crippen LogP contribution in [0.5, 0.6) is 5.88 Å². The van der Waals surface area contributed by atoms with Crippen molar-refractivity contribution in [2.45, 2.75) is 31.3 Å². The van der Waals surface area contributed by atoms with Crippen molar-refractivity contribution in [2.75, 3.05) is 31.0 Å². The Morgan fingerprint density at radius 2 is 1.67 bits per heavy atom. The quantitative estimate of drug-likeness (QED) is 0.361.